The second-order valence-electron chi connectivity index (χ2n) is 3.27. The summed E-state index contributed by atoms with van der Waals surface area (Å²) in [5.74, 6) is -0.552. The second-order valence-corrected chi connectivity index (χ2v) is 3.27. The van der Waals surface area contributed by atoms with Crippen molar-refractivity contribution in [3.63, 3.8) is 0 Å². The first-order chi connectivity index (χ1) is 5.24. The molecule has 0 bridgehead atoms. The fraction of sp³-hybridized carbons (Fsp3) is 0.875. The predicted octanol–water partition coefficient (Wildman–Crippen LogP) is -3.49. The summed E-state index contributed by atoms with van der Waals surface area (Å²) in [7, 11) is 0. The minimum atomic E-state index is -0.888. The summed E-state index contributed by atoms with van der Waals surface area (Å²) >= 11 is 0. The Morgan fingerprint density at radius 3 is 2.17 bits per heavy atom. The Bertz CT molecular complexity index is 144. The molecule has 0 amide bonds. The molecule has 1 rings (SSSR count). The molecule has 0 aliphatic heterocycles. The molecule has 3 nitrogen and oxygen atoms in total. The van der Waals surface area contributed by atoms with Crippen molar-refractivity contribution >= 4 is 5.97 Å². The van der Waals surface area contributed by atoms with Gasteiger partial charge in [-0.3, -0.25) is 0 Å². The van der Waals surface area contributed by atoms with Gasteiger partial charge in [0, 0.05) is 5.97 Å². The standard InChI is InChI=1S/C8H15NO2.K/c9-5-6-1-3-7(4-2-6)8(10)11;/h6-7H,1-5,9H2,(H,10,11);/q;+1/p-1. The van der Waals surface area contributed by atoms with Crippen LogP contribution < -0.4 is 62.2 Å². The molecule has 1 fully saturated rings. The summed E-state index contributed by atoms with van der Waals surface area (Å²) in [6.45, 7) is 0.694. The number of carbonyl (C=O) groups excluding carboxylic acids is 1. The third kappa shape index (κ3) is 3.85. The number of rotatable bonds is 2. The van der Waals surface area contributed by atoms with Crippen molar-refractivity contribution in [1.82, 2.24) is 0 Å². The zero-order valence-electron chi connectivity index (χ0n) is 7.58. The molecule has 4 heteroatoms. The molecule has 0 radical (unpaired) electrons. The minimum absolute atomic E-state index is 0. The molecule has 0 heterocycles. The Kier molecular flexibility index (Phi) is 7.09. The Labute approximate surface area is 116 Å². The van der Waals surface area contributed by atoms with E-state index in [2.05, 4.69) is 0 Å². The molecule has 0 aromatic heterocycles. The Morgan fingerprint density at radius 1 is 1.33 bits per heavy atom. The summed E-state index contributed by atoms with van der Waals surface area (Å²) < 4.78 is 0. The smallest absolute Gasteiger partial charge is 0.550 e. The van der Waals surface area contributed by atoms with E-state index in [1.807, 2.05) is 0 Å². The van der Waals surface area contributed by atoms with Crippen molar-refractivity contribution in [1.29, 1.82) is 0 Å². The van der Waals surface area contributed by atoms with Crippen LogP contribution in [0.25, 0.3) is 0 Å². The van der Waals surface area contributed by atoms with Crippen LogP contribution in [0, 0.1) is 11.8 Å². The van der Waals surface area contributed by atoms with Gasteiger partial charge in [0.1, 0.15) is 0 Å². The van der Waals surface area contributed by atoms with E-state index in [9.17, 15) is 9.90 Å². The van der Waals surface area contributed by atoms with E-state index < -0.39 is 5.97 Å². The van der Waals surface area contributed by atoms with E-state index >= 15 is 0 Å². The first kappa shape index (κ1) is 13.1. The first-order valence-corrected chi connectivity index (χ1v) is 4.15. The van der Waals surface area contributed by atoms with Crippen molar-refractivity contribution < 1.29 is 61.3 Å². The van der Waals surface area contributed by atoms with E-state index in [1.165, 1.54) is 0 Å². The summed E-state index contributed by atoms with van der Waals surface area (Å²) in [4.78, 5) is 10.4. The van der Waals surface area contributed by atoms with E-state index in [0.717, 1.165) is 25.7 Å². The average Bonchev–Trinajstić information content (AvgIpc) is 2.05. The third-order valence-corrected chi connectivity index (χ3v) is 2.51. The van der Waals surface area contributed by atoms with Crippen LogP contribution in [0.15, 0.2) is 0 Å². The Balaban J connectivity index is 0.00000121. The van der Waals surface area contributed by atoms with Gasteiger partial charge >= 0.3 is 51.4 Å². The van der Waals surface area contributed by atoms with Gasteiger partial charge in [-0.25, -0.2) is 0 Å². The number of carboxylic acid groups (broad SMARTS) is 1. The van der Waals surface area contributed by atoms with Crippen molar-refractivity contribution in [3.8, 4) is 0 Å². The number of carboxylic acids is 1. The third-order valence-electron chi connectivity index (χ3n) is 2.51. The number of aliphatic carboxylic acids is 1. The molecular weight excluding hydrogens is 181 g/mol. The van der Waals surface area contributed by atoms with Crippen LogP contribution in [0.3, 0.4) is 0 Å². The summed E-state index contributed by atoms with van der Waals surface area (Å²) in [5, 5.41) is 10.4. The zero-order valence-corrected chi connectivity index (χ0v) is 10.7. The molecule has 0 aromatic rings. The van der Waals surface area contributed by atoms with E-state index in [4.69, 9.17) is 5.73 Å². The van der Waals surface area contributed by atoms with Gasteiger partial charge in [0.2, 0.25) is 0 Å². The molecule has 0 unspecified atom stereocenters. The van der Waals surface area contributed by atoms with Crippen LogP contribution in [-0.2, 0) is 4.79 Å². The van der Waals surface area contributed by atoms with Crippen LogP contribution in [-0.4, -0.2) is 12.5 Å². The number of hydrogen-bond acceptors (Lipinski definition) is 3. The second kappa shape index (κ2) is 6.51. The summed E-state index contributed by atoms with van der Waals surface area (Å²) in [6, 6.07) is 0. The number of carbonyl (C=O) groups is 1. The molecule has 0 atom stereocenters. The Hall–Kier alpha value is 1.07. The normalized spacial score (nSPS) is 29.1. The zero-order chi connectivity index (χ0) is 8.27. The van der Waals surface area contributed by atoms with Crippen LogP contribution in [0.2, 0.25) is 0 Å². The quantitative estimate of drug-likeness (QED) is 0.465. The minimum Gasteiger partial charge on any atom is -0.550 e. The fourth-order valence-electron chi connectivity index (χ4n) is 1.63. The van der Waals surface area contributed by atoms with Gasteiger partial charge in [-0.15, -0.1) is 0 Å². The number of nitrogens with two attached hydrogens (primary N) is 1. The van der Waals surface area contributed by atoms with Crippen molar-refractivity contribution in [2.45, 2.75) is 25.7 Å². The Morgan fingerprint density at radius 2 is 1.83 bits per heavy atom. The number of hydrogen-bond donors (Lipinski definition) is 1. The van der Waals surface area contributed by atoms with Gasteiger partial charge in [-0.2, -0.15) is 0 Å². The van der Waals surface area contributed by atoms with Gasteiger partial charge in [-0.05, 0) is 44.1 Å². The maximum Gasteiger partial charge on any atom is 1.00 e. The van der Waals surface area contributed by atoms with Gasteiger partial charge in [0.25, 0.3) is 0 Å². The maximum absolute atomic E-state index is 10.4. The summed E-state index contributed by atoms with van der Waals surface area (Å²) in [5.41, 5.74) is 5.46. The van der Waals surface area contributed by atoms with Crippen molar-refractivity contribution in [2.75, 3.05) is 6.54 Å². The topological polar surface area (TPSA) is 66.2 Å². The molecule has 1 aliphatic rings. The molecule has 2 N–H and O–H groups in total. The van der Waals surface area contributed by atoms with Gasteiger partial charge < -0.3 is 15.6 Å². The van der Waals surface area contributed by atoms with E-state index in [0.29, 0.717) is 12.5 Å². The average molecular weight is 195 g/mol. The van der Waals surface area contributed by atoms with Crippen LogP contribution in [0.4, 0.5) is 0 Å². The molecule has 0 saturated heterocycles. The summed E-state index contributed by atoms with van der Waals surface area (Å²) in [6.07, 6.45) is 3.42. The van der Waals surface area contributed by atoms with Crippen molar-refractivity contribution in [2.24, 2.45) is 17.6 Å². The molecule has 0 aromatic carbocycles. The fourth-order valence-corrected chi connectivity index (χ4v) is 1.63. The largest absolute Gasteiger partial charge is 1.00 e. The molecule has 64 valence electrons. The van der Waals surface area contributed by atoms with Gasteiger partial charge in [-0.1, -0.05) is 0 Å². The van der Waals surface area contributed by atoms with Crippen LogP contribution in [0.1, 0.15) is 25.7 Å². The van der Waals surface area contributed by atoms with Gasteiger partial charge in [0.05, 0.1) is 0 Å². The maximum atomic E-state index is 10.4. The van der Waals surface area contributed by atoms with Crippen molar-refractivity contribution in [3.05, 3.63) is 0 Å². The van der Waals surface area contributed by atoms with Gasteiger partial charge in [0.15, 0.2) is 0 Å². The van der Waals surface area contributed by atoms with E-state index in [1.54, 1.807) is 0 Å². The monoisotopic (exact) mass is 195 g/mol. The molecule has 12 heavy (non-hydrogen) atoms. The first-order valence-electron chi connectivity index (χ1n) is 4.15. The SMILES string of the molecule is NCC1CCC(C(=O)[O-])CC1.[K+]. The van der Waals surface area contributed by atoms with Crippen LogP contribution >= 0.6 is 0 Å². The van der Waals surface area contributed by atoms with Crippen LogP contribution in [0.5, 0.6) is 0 Å². The van der Waals surface area contributed by atoms with E-state index in [-0.39, 0.29) is 57.3 Å². The molecule has 0 spiro atoms. The molecular formula is C8H14KNO2. The predicted molar refractivity (Wildman–Crippen MR) is 39.5 cm³/mol. The molecule has 1 aliphatic carbocycles. The molecule has 1 saturated carbocycles.